The van der Waals surface area contributed by atoms with E-state index in [0.717, 1.165) is 6.42 Å². The topological polar surface area (TPSA) is 26.0 Å². The number of hydrogen-bond donors (Lipinski definition) is 1. The third-order valence-corrected chi connectivity index (χ3v) is 1.80. The fourth-order valence-corrected chi connectivity index (χ4v) is 1.18. The van der Waals surface area contributed by atoms with E-state index in [0.29, 0.717) is 6.04 Å². The molecule has 0 bridgehead atoms. The molecule has 1 aliphatic carbocycles. The van der Waals surface area contributed by atoms with Gasteiger partial charge < -0.3 is 5.73 Å². The van der Waals surface area contributed by atoms with Crippen molar-refractivity contribution in [3.8, 4) is 0 Å². The van der Waals surface area contributed by atoms with E-state index in [4.69, 9.17) is 5.73 Å². The lowest BCUT2D eigenvalue weighted by Gasteiger charge is -2.09. The van der Waals surface area contributed by atoms with Gasteiger partial charge in [0, 0.05) is 6.04 Å². The van der Waals surface area contributed by atoms with Crippen LogP contribution in [0.3, 0.4) is 0 Å². The van der Waals surface area contributed by atoms with Crippen molar-refractivity contribution in [3.63, 3.8) is 0 Å². The smallest absolute Gasteiger partial charge is 0.00734 e. The Kier molecular flexibility index (Phi) is 2.78. The molecule has 0 aromatic rings. The number of nitrogens with two attached hydrogens (primary N) is 1. The van der Waals surface area contributed by atoms with E-state index in [1.165, 1.54) is 25.7 Å². The molecule has 52 valence electrons. The van der Waals surface area contributed by atoms with Crippen molar-refractivity contribution in [1.82, 2.24) is 0 Å². The summed E-state index contributed by atoms with van der Waals surface area (Å²) >= 11 is 0. The van der Waals surface area contributed by atoms with Crippen LogP contribution < -0.4 is 5.73 Å². The zero-order valence-electron chi connectivity index (χ0n) is 5.84. The van der Waals surface area contributed by atoms with Gasteiger partial charge in [0.1, 0.15) is 0 Å². The Bertz CT molecular complexity index is 96.7. The van der Waals surface area contributed by atoms with E-state index in [1.54, 1.807) is 0 Å². The minimum Gasteiger partial charge on any atom is -0.327 e. The molecule has 0 saturated heterocycles. The van der Waals surface area contributed by atoms with Gasteiger partial charge in [0.05, 0.1) is 0 Å². The van der Waals surface area contributed by atoms with Gasteiger partial charge in [-0.3, -0.25) is 0 Å². The summed E-state index contributed by atoms with van der Waals surface area (Å²) in [6.07, 6.45) is 10.6. The van der Waals surface area contributed by atoms with Crippen LogP contribution in [-0.4, -0.2) is 6.04 Å². The summed E-state index contributed by atoms with van der Waals surface area (Å²) in [5, 5.41) is 0. The fourth-order valence-electron chi connectivity index (χ4n) is 1.18. The standard InChI is InChI=1S/C8H15N/c9-8-6-4-2-1-3-5-7-8/h2,4,8H,1,3,5-7,9H2/b4-2+/t8-/m1/s1. The summed E-state index contributed by atoms with van der Waals surface area (Å²) in [7, 11) is 0. The molecule has 1 rings (SSSR count). The molecule has 1 heteroatoms. The van der Waals surface area contributed by atoms with Crippen molar-refractivity contribution in [1.29, 1.82) is 0 Å². The van der Waals surface area contributed by atoms with Gasteiger partial charge in [-0.2, -0.15) is 0 Å². The minimum atomic E-state index is 0.432. The lowest BCUT2D eigenvalue weighted by Crippen LogP contribution is -2.18. The van der Waals surface area contributed by atoms with E-state index < -0.39 is 0 Å². The highest BCUT2D eigenvalue weighted by Gasteiger charge is 2.00. The maximum atomic E-state index is 5.75. The van der Waals surface area contributed by atoms with Crippen LogP contribution in [0.2, 0.25) is 0 Å². The molecule has 0 spiro atoms. The van der Waals surface area contributed by atoms with Crippen molar-refractivity contribution in [2.24, 2.45) is 5.73 Å². The molecule has 9 heavy (non-hydrogen) atoms. The predicted octanol–water partition coefficient (Wildman–Crippen LogP) is 1.83. The summed E-state index contributed by atoms with van der Waals surface area (Å²) in [6.45, 7) is 0. The van der Waals surface area contributed by atoms with Gasteiger partial charge >= 0.3 is 0 Å². The Morgan fingerprint density at radius 2 is 2.11 bits per heavy atom. The van der Waals surface area contributed by atoms with Crippen molar-refractivity contribution < 1.29 is 0 Å². The van der Waals surface area contributed by atoms with Gasteiger partial charge in [0.2, 0.25) is 0 Å². The highest BCUT2D eigenvalue weighted by molar-refractivity contribution is 4.87. The first-order chi connectivity index (χ1) is 4.39. The highest BCUT2D eigenvalue weighted by atomic mass is 14.6. The summed E-state index contributed by atoms with van der Waals surface area (Å²) in [4.78, 5) is 0. The Balaban J connectivity index is 2.28. The van der Waals surface area contributed by atoms with Crippen molar-refractivity contribution >= 4 is 0 Å². The molecule has 1 nitrogen and oxygen atoms in total. The van der Waals surface area contributed by atoms with Crippen LogP contribution in [-0.2, 0) is 0 Å². The van der Waals surface area contributed by atoms with Gasteiger partial charge in [-0.15, -0.1) is 0 Å². The van der Waals surface area contributed by atoms with Crippen LogP contribution in [0.1, 0.15) is 32.1 Å². The quantitative estimate of drug-likeness (QED) is 0.491. The molecule has 0 aliphatic heterocycles. The molecular formula is C8H15N. The Morgan fingerprint density at radius 1 is 1.22 bits per heavy atom. The van der Waals surface area contributed by atoms with E-state index in [1.807, 2.05) is 0 Å². The molecule has 0 aromatic carbocycles. The Morgan fingerprint density at radius 3 is 3.00 bits per heavy atom. The Hall–Kier alpha value is -0.300. The zero-order valence-corrected chi connectivity index (χ0v) is 5.84. The summed E-state index contributed by atoms with van der Waals surface area (Å²) in [5.74, 6) is 0. The molecular weight excluding hydrogens is 110 g/mol. The molecule has 1 aliphatic rings. The van der Waals surface area contributed by atoms with Crippen LogP contribution in [0.25, 0.3) is 0 Å². The van der Waals surface area contributed by atoms with Crippen LogP contribution in [0, 0.1) is 0 Å². The molecule has 0 fully saturated rings. The lowest BCUT2D eigenvalue weighted by atomic mass is 10.0. The zero-order chi connectivity index (χ0) is 6.53. The molecule has 0 amide bonds. The van der Waals surface area contributed by atoms with Crippen molar-refractivity contribution in [2.45, 2.75) is 38.1 Å². The summed E-state index contributed by atoms with van der Waals surface area (Å²) < 4.78 is 0. The van der Waals surface area contributed by atoms with Crippen LogP contribution in [0.15, 0.2) is 12.2 Å². The third-order valence-electron chi connectivity index (χ3n) is 1.80. The lowest BCUT2D eigenvalue weighted by molar-refractivity contribution is 0.560. The molecule has 0 unspecified atom stereocenters. The molecule has 1 atom stereocenters. The van der Waals surface area contributed by atoms with E-state index in [2.05, 4.69) is 12.2 Å². The van der Waals surface area contributed by atoms with Crippen LogP contribution >= 0.6 is 0 Å². The first kappa shape index (κ1) is 6.81. The SMILES string of the molecule is N[C@@H]1C/C=C/CCCC1. The van der Waals surface area contributed by atoms with E-state index in [-0.39, 0.29) is 0 Å². The van der Waals surface area contributed by atoms with Crippen LogP contribution in [0.4, 0.5) is 0 Å². The minimum absolute atomic E-state index is 0.432. The normalized spacial score (nSPS) is 32.8. The average molecular weight is 125 g/mol. The molecule has 2 N–H and O–H groups in total. The van der Waals surface area contributed by atoms with Gasteiger partial charge in [-0.1, -0.05) is 18.6 Å². The predicted molar refractivity (Wildman–Crippen MR) is 40.2 cm³/mol. The van der Waals surface area contributed by atoms with Crippen molar-refractivity contribution in [3.05, 3.63) is 12.2 Å². The fraction of sp³-hybridized carbons (Fsp3) is 0.750. The highest BCUT2D eigenvalue weighted by Crippen LogP contribution is 2.09. The maximum absolute atomic E-state index is 5.75. The maximum Gasteiger partial charge on any atom is 0.00734 e. The first-order valence-corrected chi connectivity index (χ1v) is 3.80. The molecule has 0 saturated carbocycles. The molecule has 0 heterocycles. The number of rotatable bonds is 0. The second-order valence-corrected chi connectivity index (χ2v) is 2.75. The first-order valence-electron chi connectivity index (χ1n) is 3.80. The second-order valence-electron chi connectivity index (χ2n) is 2.75. The monoisotopic (exact) mass is 125 g/mol. The number of allylic oxidation sites excluding steroid dienone is 1. The largest absolute Gasteiger partial charge is 0.327 e. The van der Waals surface area contributed by atoms with Gasteiger partial charge in [0.25, 0.3) is 0 Å². The summed E-state index contributed by atoms with van der Waals surface area (Å²) in [6, 6.07) is 0.432. The average Bonchev–Trinajstić information content (AvgIpc) is 1.79. The second kappa shape index (κ2) is 3.67. The van der Waals surface area contributed by atoms with Crippen LogP contribution in [0.5, 0.6) is 0 Å². The van der Waals surface area contributed by atoms with Gasteiger partial charge in [-0.25, -0.2) is 0 Å². The van der Waals surface area contributed by atoms with E-state index in [9.17, 15) is 0 Å². The molecule has 0 radical (unpaired) electrons. The van der Waals surface area contributed by atoms with Crippen molar-refractivity contribution in [2.75, 3.05) is 0 Å². The van der Waals surface area contributed by atoms with Gasteiger partial charge in [0.15, 0.2) is 0 Å². The van der Waals surface area contributed by atoms with Gasteiger partial charge in [-0.05, 0) is 25.7 Å². The van der Waals surface area contributed by atoms with E-state index >= 15 is 0 Å². The number of hydrogen-bond acceptors (Lipinski definition) is 1. The molecule has 0 aromatic heterocycles. The summed E-state index contributed by atoms with van der Waals surface area (Å²) in [5.41, 5.74) is 5.75. The third kappa shape index (κ3) is 2.66. The Labute approximate surface area is 56.9 Å².